The average molecular weight is 713 g/mol. The lowest BCUT2D eigenvalue weighted by Gasteiger charge is -2.27. The first-order valence-corrected chi connectivity index (χ1v) is 19.1. The van der Waals surface area contributed by atoms with Gasteiger partial charge in [-0.2, -0.15) is 0 Å². The van der Waals surface area contributed by atoms with E-state index in [1.807, 2.05) is 12.1 Å². The lowest BCUT2D eigenvalue weighted by molar-refractivity contribution is 0.234. The Hall–Kier alpha value is -6.70. The van der Waals surface area contributed by atoms with Crippen molar-refractivity contribution < 1.29 is 9.15 Å². The van der Waals surface area contributed by atoms with E-state index in [1.54, 1.807) is 6.08 Å². The molecular formula is C51H40N2O2. The van der Waals surface area contributed by atoms with Gasteiger partial charge in [0, 0.05) is 39.5 Å². The molecule has 10 rings (SSSR count). The first-order valence-electron chi connectivity index (χ1n) is 19.1. The van der Waals surface area contributed by atoms with Crippen molar-refractivity contribution in [2.75, 3.05) is 4.90 Å². The number of hydrogen-bond donors (Lipinski definition) is 0. The summed E-state index contributed by atoms with van der Waals surface area (Å²) < 4.78 is 15.7. The van der Waals surface area contributed by atoms with Crippen LogP contribution in [-0.4, -0.2) is 10.8 Å². The fourth-order valence-corrected chi connectivity index (χ4v) is 8.82. The number of rotatable bonds is 6. The minimum atomic E-state index is -0.154. The topological polar surface area (TPSA) is 30.5 Å². The number of ether oxygens (including phenoxy) is 1. The van der Waals surface area contributed by atoms with Crippen LogP contribution in [0, 0.1) is 12.3 Å². The summed E-state index contributed by atoms with van der Waals surface area (Å²) >= 11 is 0. The molecule has 4 heteroatoms. The number of anilines is 2. The molecule has 5 aromatic carbocycles. The summed E-state index contributed by atoms with van der Waals surface area (Å²) in [5.41, 5.74) is 13.6. The van der Waals surface area contributed by atoms with Gasteiger partial charge in [-0.15, -0.1) is 6.42 Å². The zero-order chi connectivity index (χ0) is 37.2. The van der Waals surface area contributed by atoms with Gasteiger partial charge >= 0.3 is 0 Å². The Morgan fingerprint density at radius 3 is 2.49 bits per heavy atom. The van der Waals surface area contributed by atoms with Crippen LogP contribution in [-0.2, 0) is 0 Å². The van der Waals surface area contributed by atoms with Crippen molar-refractivity contribution in [3.63, 3.8) is 0 Å². The van der Waals surface area contributed by atoms with E-state index in [0.29, 0.717) is 0 Å². The van der Waals surface area contributed by atoms with Crippen LogP contribution < -0.4 is 9.64 Å². The van der Waals surface area contributed by atoms with E-state index in [-0.39, 0.29) is 18.1 Å². The number of allylic oxidation sites excluding steroid dienone is 8. The van der Waals surface area contributed by atoms with E-state index >= 15 is 0 Å². The fourth-order valence-electron chi connectivity index (χ4n) is 8.82. The van der Waals surface area contributed by atoms with Gasteiger partial charge in [0.2, 0.25) is 5.71 Å². The summed E-state index contributed by atoms with van der Waals surface area (Å²) in [4.78, 5) is 2.40. The molecule has 3 atom stereocenters. The molecule has 3 aliphatic rings. The van der Waals surface area contributed by atoms with Gasteiger partial charge in [0.1, 0.15) is 11.3 Å². The Morgan fingerprint density at radius 1 is 0.818 bits per heavy atom. The van der Waals surface area contributed by atoms with Crippen molar-refractivity contribution in [1.29, 1.82) is 0 Å². The van der Waals surface area contributed by atoms with E-state index in [4.69, 9.17) is 15.6 Å². The quantitative estimate of drug-likeness (QED) is 0.127. The van der Waals surface area contributed by atoms with E-state index in [0.717, 1.165) is 62.5 Å². The third-order valence-electron chi connectivity index (χ3n) is 11.7. The Morgan fingerprint density at radius 2 is 1.62 bits per heavy atom. The summed E-state index contributed by atoms with van der Waals surface area (Å²) in [7, 11) is 0. The van der Waals surface area contributed by atoms with Gasteiger partial charge in [-0.3, -0.25) is 4.57 Å². The molecular weight excluding hydrogens is 673 g/mol. The number of hydrogen-bond acceptors (Lipinski definition) is 3. The van der Waals surface area contributed by atoms with Crippen molar-refractivity contribution >= 4 is 62.1 Å². The van der Waals surface area contributed by atoms with E-state index < -0.39 is 0 Å². The maximum atomic E-state index is 6.77. The highest BCUT2D eigenvalue weighted by atomic mass is 16.5. The smallest absolute Gasteiger partial charge is 0.213 e. The molecule has 55 heavy (non-hydrogen) atoms. The van der Waals surface area contributed by atoms with Gasteiger partial charge in [-0.1, -0.05) is 116 Å². The number of furan rings is 1. The molecule has 7 aromatic rings. The molecule has 3 unspecified atom stereocenters. The second-order valence-corrected chi connectivity index (χ2v) is 14.8. The van der Waals surface area contributed by atoms with Crippen LogP contribution in [0.5, 0.6) is 5.75 Å². The van der Waals surface area contributed by atoms with Crippen LogP contribution in [0.25, 0.3) is 50.7 Å². The van der Waals surface area contributed by atoms with Crippen LogP contribution >= 0.6 is 0 Å². The molecule has 0 fully saturated rings. The highest BCUT2D eigenvalue weighted by Gasteiger charge is 2.47. The molecule has 1 aliphatic carbocycles. The van der Waals surface area contributed by atoms with Crippen molar-refractivity contribution in [1.82, 2.24) is 4.57 Å². The number of fused-ring (bicyclic) bond motifs is 11. The number of aromatic nitrogens is 1. The second kappa shape index (κ2) is 13.0. The molecule has 0 spiro atoms. The highest BCUT2D eigenvalue weighted by Crippen LogP contribution is 2.55. The summed E-state index contributed by atoms with van der Waals surface area (Å²) in [5, 5.41) is 4.71. The van der Waals surface area contributed by atoms with Gasteiger partial charge in [0.15, 0.2) is 6.23 Å². The first kappa shape index (κ1) is 32.9. The lowest BCUT2D eigenvalue weighted by Crippen LogP contribution is -2.32. The molecule has 0 saturated carbocycles. The predicted molar refractivity (Wildman–Crippen MR) is 229 cm³/mol. The summed E-state index contributed by atoms with van der Waals surface area (Å²) in [6.45, 7) is 6.45. The molecule has 0 saturated heterocycles. The summed E-state index contributed by atoms with van der Waals surface area (Å²) in [5.74, 6) is 3.74. The Labute approximate surface area is 321 Å². The van der Waals surface area contributed by atoms with E-state index in [1.165, 1.54) is 38.7 Å². The first-order chi connectivity index (χ1) is 27.0. The minimum absolute atomic E-state index is 0.0666. The Bertz CT molecular complexity index is 2900. The van der Waals surface area contributed by atoms with Gasteiger partial charge in [0.25, 0.3) is 0 Å². The average Bonchev–Trinajstić information content (AvgIpc) is 3.91. The zero-order valence-corrected chi connectivity index (χ0v) is 31.2. The Balaban J connectivity index is 1.10. The molecule has 0 N–H and O–H groups in total. The van der Waals surface area contributed by atoms with E-state index in [9.17, 15) is 0 Å². The number of benzene rings is 5. The summed E-state index contributed by atoms with van der Waals surface area (Å²) in [6, 6.07) is 39.2. The van der Waals surface area contributed by atoms with Crippen molar-refractivity contribution in [2.24, 2.45) is 0 Å². The molecule has 0 radical (unpaired) electrons. The SMILES string of the molecule is C#C\C=C/C(C)=C(C)/C=C(\CC)n1c2c(c3c4ccccc4oc31)C=CC(c1ccc3c(c1)C1c4ccccc4OC1N3c1ccc3ccccc3c1)C=C2. The standard InChI is InChI=1S/C51H40N2O2/c1-5-7-14-32(3)33(4)29-38(6-2)52-44-27-23-35(22-26-40(44)48-41-17-10-12-19-46(41)54-50(48)52)37-24-28-45-43(31-37)49-42-18-11-13-20-47(42)55-51(49)53(45)39-25-21-34-15-8-9-16-36(34)30-39/h1,7-31,35,49,51H,6H2,2-4H3/b14-7-,33-32+,38-29+. The van der Waals surface area contributed by atoms with Gasteiger partial charge in [-0.05, 0) is 102 Å². The second-order valence-electron chi connectivity index (χ2n) is 14.8. The monoisotopic (exact) mass is 712 g/mol. The molecule has 2 aromatic heterocycles. The molecule has 2 aliphatic heterocycles. The van der Waals surface area contributed by atoms with Crippen LogP contribution in [0.15, 0.2) is 155 Å². The maximum Gasteiger partial charge on any atom is 0.213 e. The van der Waals surface area contributed by atoms with E-state index in [2.05, 4.69) is 170 Å². The van der Waals surface area contributed by atoms with Crippen LogP contribution in [0.1, 0.15) is 67.0 Å². The third-order valence-corrected chi connectivity index (χ3v) is 11.7. The van der Waals surface area contributed by atoms with Gasteiger partial charge in [0.05, 0.1) is 17.0 Å². The largest absolute Gasteiger partial charge is 0.469 e. The fraction of sp³-hybridized carbons (Fsp3) is 0.137. The maximum absolute atomic E-state index is 6.77. The lowest BCUT2D eigenvalue weighted by atomic mass is 9.89. The van der Waals surface area contributed by atoms with Crippen LogP contribution in [0.3, 0.4) is 0 Å². The molecule has 0 bridgehead atoms. The number of terminal acetylenes is 1. The summed E-state index contributed by atoms with van der Waals surface area (Å²) in [6.07, 6.45) is 21.5. The van der Waals surface area contributed by atoms with Gasteiger partial charge < -0.3 is 14.1 Å². The van der Waals surface area contributed by atoms with Gasteiger partial charge in [-0.25, -0.2) is 0 Å². The van der Waals surface area contributed by atoms with Crippen LogP contribution in [0.4, 0.5) is 11.4 Å². The number of nitrogens with zero attached hydrogens (tertiary/aromatic N) is 2. The number of para-hydroxylation sites is 2. The predicted octanol–water partition coefficient (Wildman–Crippen LogP) is 13.1. The highest BCUT2D eigenvalue weighted by molar-refractivity contribution is 6.11. The Kier molecular flexibility index (Phi) is 7.78. The van der Waals surface area contributed by atoms with Crippen molar-refractivity contribution in [3.8, 4) is 18.1 Å². The van der Waals surface area contributed by atoms with Crippen LogP contribution in [0.2, 0.25) is 0 Å². The molecule has 266 valence electrons. The molecule has 0 amide bonds. The molecule has 4 nitrogen and oxygen atoms in total. The normalized spacial score (nSPS) is 19.0. The molecule has 4 heterocycles. The van der Waals surface area contributed by atoms with Crippen molar-refractivity contribution in [2.45, 2.75) is 45.3 Å². The third kappa shape index (κ3) is 5.22. The van der Waals surface area contributed by atoms with Crippen molar-refractivity contribution in [3.05, 3.63) is 179 Å². The minimum Gasteiger partial charge on any atom is -0.469 e. The zero-order valence-electron chi connectivity index (χ0n) is 31.2.